The van der Waals surface area contributed by atoms with Crippen molar-refractivity contribution in [1.29, 1.82) is 0 Å². The highest BCUT2D eigenvalue weighted by atomic mass is 79.9. The van der Waals surface area contributed by atoms with E-state index < -0.39 is 4.92 Å². The van der Waals surface area contributed by atoms with E-state index in [4.69, 9.17) is 10.5 Å². The average molecular weight is 277 g/mol. The number of halogens is 1. The molecular weight excluding hydrogens is 264 g/mol. The number of hydrogen-bond acceptors (Lipinski definition) is 4. The van der Waals surface area contributed by atoms with E-state index in [2.05, 4.69) is 15.9 Å². The molecule has 15 heavy (non-hydrogen) atoms. The molecule has 84 valence electrons. The largest absolute Gasteiger partial charge is 0.497 e. The molecule has 6 heteroatoms. The summed E-state index contributed by atoms with van der Waals surface area (Å²) in [5.74, 6) is 0.499. The fourth-order valence-corrected chi connectivity index (χ4v) is 0.724. The summed E-state index contributed by atoms with van der Waals surface area (Å²) in [6.45, 7) is 0.736. The Morgan fingerprint density at radius 3 is 2.60 bits per heavy atom. The van der Waals surface area contributed by atoms with Crippen LogP contribution in [0.5, 0.6) is 5.75 Å². The second kappa shape index (κ2) is 8.19. The Balaban J connectivity index is 0.000000423. The molecule has 0 atom stereocenters. The molecule has 0 aromatic heterocycles. The summed E-state index contributed by atoms with van der Waals surface area (Å²) < 4.78 is 4.80. The molecule has 0 amide bonds. The fraction of sp³-hybridized carbons (Fsp3) is 0.333. The molecule has 0 saturated heterocycles. The average Bonchev–Trinajstić information content (AvgIpc) is 2.29. The molecule has 0 heterocycles. The van der Waals surface area contributed by atoms with E-state index >= 15 is 0 Å². The van der Waals surface area contributed by atoms with E-state index in [0.29, 0.717) is 5.75 Å². The molecule has 0 unspecified atom stereocenters. The van der Waals surface area contributed by atoms with E-state index in [1.54, 1.807) is 12.1 Å². The summed E-state index contributed by atoms with van der Waals surface area (Å²) in [4.78, 5) is 9.76. The second-order valence-corrected chi connectivity index (χ2v) is 3.23. The van der Waals surface area contributed by atoms with Crippen molar-refractivity contribution in [3.05, 3.63) is 34.4 Å². The first-order chi connectivity index (χ1) is 7.15. The molecule has 1 aromatic carbocycles. The molecule has 1 rings (SSSR count). The van der Waals surface area contributed by atoms with Gasteiger partial charge in [-0.2, -0.15) is 0 Å². The van der Waals surface area contributed by atoms with Gasteiger partial charge in [0.25, 0.3) is 5.69 Å². The van der Waals surface area contributed by atoms with Crippen LogP contribution in [0.25, 0.3) is 0 Å². The van der Waals surface area contributed by atoms with Gasteiger partial charge in [0.1, 0.15) is 5.75 Å². The summed E-state index contributed by atoms with van der Waals surface area (Å²) >= 11 is 3.12. The summed E-state index contributed by atoms with van der Waals surface area (Å²) in [7, 11) is 1.47. The van der Waals surface area contributed by atoms with Crippen LogP contribution >= 0.6 is 15.9 Å². The van der Waals surface area contributed by atoms with Crippen LogP contribution in [0.15, 0.2) is 24.3 Å². The maximum atomic E-state index is 10.2. The number of rotatable bonds is 3. The Morgan fingerprint density at radius 2 is 2.20 bits per heavy atom. The van der Waals surface area contributed by atoms with Gasteiger partial charge in [-0.1, -0.05) is 22.0 Å². The number of non-ortho nitro benzene ring substituents is 1. The van der Waals surface area contributed by atoms with Gasteiger partial charge in [-0.15, -0.1) is 0 Å². The van der Waals surface area contributed by atoms with E-state index in [9.17, 15) is 10.1 Å². The zero-order valence-electron chi connectivity index (χ0n) is 8.35. The molecule has 0 bridgehead atoms. The van der Waals surface area contributed by atoms with E-state index in [1.165, 1.54) is 19.2 Å². The maximum Gasteiger partial charge on any atom is 0.273 e. The first kappa shape index (κ1) is 13.9. The highest BCUT2D eigenvalue weighted by Gasteiger charge is 2.04. The summed E-state index contributed by atoms with van der Waals surface area (Å²) in [5.41, 5.74) is 5.03. The number of benzene rings is 1. The van der Waals surface area contributed by atoms with Crippen LogP contribution in [-0.2, 0) is 0 Å². The molecule has 0 radical (unpaired) electrons. The molecule has 1 aromatic rings. The lowest BCUT2D eigenvalue weighted by atomic mass is 10.3. The first-order valence-corrected chi connectivity index (χ1v) is 5.32. The minimum Gasteiger partial charge on any atom is -0.497 e. The lowest BCUT2D eigenvalue weighted by molar-refractivity contribution is -0.384. The van der Waals surface area contributed by atoms with Crippen LogP contribution in [0.4, 0.5) is 5.69 Å². The quantitative estimate of drug-likeness (QED) is 0.520. The smallest absolute Gasteiger partial charge is 0.273 e. The lowest BCUT2D eigenvalue weighted by Gasteiger charge is -1.96. The van der Waals surface area contributed by atoms with Gasteiger partial charge in [-0.05, 0) is 6.07 Å². The molecule has 0 aliphatic rings. The predicted molar refractivity (Wildman–Crippen MR) is 62.5 cm³/mol. The molecule has 0 saturated carbocycles. The molecule has 5 nitrogen and oxygen atoms in total. The first-order valence-electron chi connectivity index (χ1n) is 4.20. The van der Waals surface area contributed by atoms with Crippen LogP contribution in [0.2, 0.25) is 0 Å². The summed E-state index contributed by atoms with van der Waals surface area (Å²) in [5, 5.41) is 11.1. The van der Waals surface area contributed by atoms with Gasteiger partial charge in [0.05, 0.1) is 18.1 Å². The number of nitrogens with two attached hydrogens (primary N) is 1. The number of methoxy groups -OCH3 is 1. The molecule has 2 N–H and O–H groups in total. The molecule has 0 fully saturated rings. The van der Waals surface area contributed by atoms with Crippen molar-refractivity contribution in [2.24, 2.45) is 5.73 Å². The third kappa shape index (κ3) is 6.03. The monoisotopic (exact) mass is 276 g/mol. The fourth-order valence-electron chi connectivity index (χ4n) is 0.724. The topological polar surface area (TPSA) is 78.4 Å². The van der Waals surface area contributed by atoms with Gasteiger partial charge in [-0.3, -0.25) is 10.1 Å². The highest BCUT2D eigenvalue weighted by Crippen LogP contribution is 2.17. The zero-order valence-corrected chi connectivity index (χ0v) is 9.94. The Labute approximate surface area is 96.5 Å². The van der Waals surface area contributed by atoms with E-state index in [0.717, 1.165) is 11.9 Å². The Bertz CT molecular complexity index is 305. The van der Waals surface area contributed by atoms with Gasteiger partial charge in [-0.25, -0.2) is 0 Å². The van der Waals surface area contributed by atoms with Gasteiger partial charge >= 0.3 is 0 Å². The predicted octanol–water partition coefficient (Wildman–Crippen LogP) is 1.94. The number of hydrogen-bond donors (Lipinski definition) is 1. The Hall–Kier alpha value is -1.14. The van der Waals surface area contributed by atoms with Crippen molar-refractivity contribution in [1.82, 2.24) is 0 Å². The van der Waals surface area contributed by atoms with Gasteiger partial charge in [0, 0.05) is 17.9 Å². The minimum absolute atomic E-state index is 0.0457. The molecule has 0 aliphatic heterocycles. The second-order valence-electron chi connectivity index (χ2n) is 2.44. The zero-order chi connectivity index (χ0) is 11.7. The number of nitro groups is 1. The van der Waals surface area contributed by atoms with Crippen LogP contribution in [0.1, 0.15) is 0 Å². The van der Waals surface area contributed by atoms with Crippen molar-refractivity contribution in [2.75, 3.05) is 19.0 Å². The lowest BCUT2D eigenvalue weighted by Crippen LogP contribution is -1.97. The van der Waals surface area contributed by atoms with Crippen LogP contribution in [-0.4, -0.2) is 23.9 Å². The SMILES string of the molecule is COc1cccc([N+](=O)[O-])c1.NCCBr. The van der Waals surface area contributed by atoms with Crippen LogP contribution in [0, 0.1) is 10.1 Å². The van der Waals surface area contributed by atoms with Crippen molar-refractivity contribution >= 4 is 21.6 Å². The highest BCUT2D eigenvalue weighted by molar-refractivity contribution is 9.09. The molecule has 0 spiro atoms. The maximum absolute atomic E-state index is 10.2. The minimum atomic E-state index is -0.456. The van der Waals surface area contributed by atoms with E-state index in [-0.39, 0.29) is 5.69 Å². The summed E-state index contributed by atoms with van der Waals surface area (Å²) in [6, 6.07) is 6.03. The Kier molecular flexibility index (Phi) is 7.57. The molecular formula is C9H13BrN2O3. The molecule has 0 aliphatic carbocycles. The van der Waals surface area contributed by atoms with Gasteiger partial charge in [0.15, 0.2) is 0 Å². The van der Waals surface area contributed by atoms with Crippen molar-refractivity contribution in [3.63, 3.8) is 0 Å². The number of alkyl halides is 1. The van der Waals surface area contributed by atoms with Crippen molar-refractivity contribution < 1.29 is 9.66 Å². The number of ether oxygens (including phenoxy) is 1. The summed E-state index contributed by atoms with van der Waals surface area (Å²) in [6.07, 6.45) is 0. The third-order valence-corrected chi connectivity index (χ3v) is 1.83. The standard InChI is InChI=1S/C7H7NO3.C2H6BrN/c1-11-7-4-2-3-6(5-7)8(9)10;3-1-2-4/h2-5H,1H3;1-2,4H2. The van der Waals surface area contributed by atoms with Gasteiger partial charge < -0.3 is 10.5 Å². The van der Waals surface area contributed by atoms with Crippen LogP contribution in [0.3, 0.4) is 0 Å². The van der Waals surface area contributed by atoms with Crippen LogP contribution < -0.4 is 10.5 Å². The number of nitro benzene ring substituents is 1. The number of nitrogens with zero attached hydrogens (tertiary/aromatic N) is 1. The van der Waals surface area contributed by atoms with Gasteiger partial charge in [0.2, 0.25) is 0 Å². The van der Waals surface area contributed by atoms with Crippen molar-refractivity contribution in [2.45, 2.75) is 0 Å². The normalized spacial score (nSPS) is 8.73. The van der Waals surface area contributed by atoms with Crippen molar-refractivity contribution in [3.8, 4) is 5.75 Å². The Morgan fingerprint density at radius 1 is 1.60 bits per heavy atom. The van der Waals surface area contributed by atoms with E-state index in [1.807, 2.05) is 0 Å². The third-order valence-electron chi connectivity index (χ3n) is 1.37.